The topological polar surface area (TPSA) is 102 Å². The summed E-state index contributed by atoms with van der Waals surface area (Å²) >= 11 is 0. The Hall–Kier alpha value is -2.87. The second-order valence-electron chi connectivity index (χ2n) is 7.70. The molecular formula is C22H26N2O5S. The van der Waals surface area contributed by atoms with Crippen LogP contribution in [0.1, 0.15) is 18.4 Å². The molecule has 7 nitrogen and oxygen atoms in total. The van der Waals surface area contributed by atoms with E-state index in [9.17, 15) is 18.0 Å². The Kier molecular flexibility index (Phi) is 6.77. The summed E-state index contributed by atoms with van der Waals surface area (Å²) in [5.74, 6) is -0.776. The lowest BCUT2D eigenvalue weighted by atomic mass is 9.89. The molecule has 0 radical (unpaired) electrons. The van der Waals surface area contributed by atoms with Crippen molar-refractivity contribution in [2.24, 2.45) is 11.8 Å². The first-order valence-electron chi connectivity index (χ1n) is 9.75. The fourth-order valence-corrected chi connectivity index (χ4v) is 5.96. The number of hydrogen-bond acceptors (Lipinski definition) is 5. The number of carbonyl (C=O) groups excluding carboxylic acids is 2. The van der Waals surface area contributed by atoms with Gasteiger partial charge < -0.3 is 15.4 Å². The fraction of sp³-hybridized carbons (Fsp3) is 0.364. The Bertz CT molecular complexity index is 1020. The molecule has 2 aromatic carbocycles. The van der Waals surface area contributed by atoms with E-state index in [0.717, 1.165) is 5.56 Å². The van der Waals surface area contributed by atoms with E-state index in [2.05, 4.69) is 10.6 Å². The molecule has 0 aliphatic carbocycles. The van der Waals surface area contributed by atoms with Gasteiger partial charge in [-0.05, 0) is 60.7 Å². The number of aryl methyl sites for hydroxylation is 1. The van der Waals surface area contributed by atoms with Crippen LogP contribution in [0.3, 0.4) is 0 Å². The minimum absolute atomic E-state index is 0.0493. The number of nitrogens with one attached hydrogen (secondary N) is 2. The smallest absolute Gasteiger partial charge is 0.224 e. The molecule has 1 fully saturated rings. The molecule has 30 heavy (non-hydrogen) atoms. The van der Waals surface area contributed by atoms with Gasteiger partial charge in [-0.3, -0.25) is 9.59 Å². The van der Waals surface area contributed by atoms with E-state index in [1.165, 1.54) is 0 Å². The van der Waals surface area contributed by atoms with Crippen molar-refractivity contribution in [3.05, 3.63) is 54.1 Å². The second-order valence-corrected chi connectivity index (χ2v) is 9.85. The molecule has 2 aromatic rings. The normalized spacial score (nSPS) is 19.8. The number of hydrogen-bond donors (Lipinski definition) is 2. The van der Waals surface area contributed by atoms with Crippen LogP contribution in [-0.4, -0.2) is 38.8 Å². The maximum absolute atomic E-state index is 12.5. The predicted octanol–water partition coefficient (Wildman–Crippen LogP) is 3.02. The quantitative estimate of drug-likeness (QED) is 0.703. The zero-order valence-electron chi connectivity index (χ0n) is 17.1. The Morgan fingerprint density at radius 3 is 2.03 bits per heavy atom. The third kappa shape index (κ3) is 6.06. The molecule has 160 valence electrons. The average molecular weight is 431 g/mol. The van der Waals surface area contributed by atoms with Crippen LogP contribution in [0, 0.1) is 18.8 Å². The number of sulfone groups is 1. The lowest BCUT2D eigenvalue weighted by Gasteiger charge is -2.17. The maximum Gasteiger partial charge on any atom is 0.224 e. The van der Waals surface area contributed by atoms with Gasteiger partial charge in [-0.25, -0.2) is 8.42 Å². The Morgan fingerprint density at radius 2 is 1.50 bits per heavy atom. The van der Waals surface area contributed by atoms with Crippen LogP contribution in [0.15, 0.2) is 48.5 Å². The van der Waals surface area contributed by atoms with Gasteiger partial charge >= 0.3 is 0 Å². The molecule has 3 rings (SSSR count). The summed E-state index contributed by atoms with van der Waals surface area (Å²) < 4.78 is 29.4. The molecule has 0 bridgehead atoms. The summed E-state index contributed by atoms with van der Waals surface area (Å²) in [5, 5.41) is 5.59. The molecule has 1 aliphatic heterocycles. The first kappa shape index (κ1) is 21.8. The predicted molar refractivity (Wildman–Crippen MR) is 116 cm³/mol. The van der Waals surface area contributed by atoms with Crippen molar-refractivity contribution in [1.82, 2.24) is 0 Å². The van der Waals surface area contributed by atoms with Crippen molar-refractivity contribution < 1.29 is 22.7 Å². The standard InChI is InChI=1S/C22H26N2O5S/c1-15-4-3-5-19(10-15)24-22(26)12-17-14-30(27,28)13-16(17)11-21(25)23-18-6-8-20(29-2)9-7-18/h3-10,16-17H,11-14H2,1-2H3,(H,23,25)(H,24,26)/t16-,17+/m0/s1. The van der Waals surface area contributed by atoms with Crippen molar-refractivity contribution in [3.63, 3.8) is 0 Å². The molecule has 2 atom stereocenters. The molecule has 0 unspecified atom stereocenters. The zero-order chi connectivity index (χ0) is 21.7. The number of rotatable bonds is 7. The Morgan fingerprint density at radius 1 is 0.933 bits per heavy atom. The molecule has 0 spiro atoms. The van der Waals surface area contributed by atoms with Gasteiger partial charge in [-0.2, -0.15) is 0 Å². The summed E-state index contributed by atoms with van der Waals surface area (Å²) in [4.78, 5) is 24.9. The minimum atomic E-state index is -3.27. The Labute approximate surface area is 176 Å². The number of ether oxygens (including phenoxy) is 1. The number of anilines is 2. The van der Waals surface area contributed by atoms with E-state index >= 15 is 0 Å². The SMILES string of the molecule is COc1ccc(NC(=O)C[C@H]2CS(=O)(=O)C[C@H]2CC(=O)Nc2cccc(C)c2)cc1. The number of methoxy groups -OCH3 is 1. The molecule has 0 saturated carbocycles. The highest BCUT2D eigenvalue weighted by molar-refractivity contribution is 7.91. The van der Waals surface area contributed by atoms with Crippen molar-refractivity contribution in [2.75, 3.05) is 29.2 Å². The van der Waals surface area contributed by atoms with Crippen molar-refractivity contribution in [1.29, 1.82) is 0 Å². The van der Waals surface area contributed by atoms with Crippen LogP contribution in [-0.2, 0) is 19.4 Å². The molecule has 8 heteroatoms. The van der Waals surface area contributed by atoms with Crippen LogP contribution in [0.25, 0.3) is 0 Å². The van der Waals surface area contributed by atoms with Gasteiger partial charge in [-0.15, -0.1) is 0 Å². The fourth-order valence-electron chi connectivity index (χ4n) is 3.74. The van der Waals surface area contributed by atoms with Gasteiger partial charge in [-0.1, -0.05) is 12.1 Å². The van der Waals surface area contributed by atoms with Gasteiger partial charge in [0.15, 0.2) is 9.84 Å². The highest BCUT2D eigenvalue weighted by Gasteiger charge is 2.39. The summed E-state index contributed by atoms with van der Waals surface area (Å²) in [6.07, 6.45) is 0.112. The maximum atomic E-state index is 12.5. The lowest BCUT2D eigenvalue weighted by molar-refractivity contribution is -0.119. The van der Waals surface area contributed by atoms with E-state index in [1.54, 1.807) is 37.4 Å². The highest BCUT2D eigenvalue weighted by Crippen LogP contribution is 2.31. The molecule has 1 aliphatic rings. The van der Waals surface area contributed by atoms with Gasteiger partial charge in [0.05, 0.1) is 18.6 Å². The third-order valence-corrected chi connectivity index (χ3v) is 7.05. The molecule has 2 N–H and O–H groups in total. The number of carbonyl (C=O) groups is 2. The highest BCUT2D eigenvalue weighted by atomic mass is 32.2. The molecule has 2 amide bonds. The van der Waals surface area contributed by atoms with Gasteiger partial charge in [0.1, 0.15) is 5.75 Å². The van der Waals surface area contributed by atoms with E-state index in [-0.39, 0.29) is 42.1 Å². The number of amides is 2. The largest absolute Gasteiger partial charge is 0.497 e. The van der Waals surface area contributed by atoms with E-state index in [0.29, 0.717) is 17.1 Å². The summed E-state index contributed by atoms with van der Waals surface area (Å²) in [6, 6.07) is 14.3. The Balaban J connectivity index is 1.60. The average Bonchev–Trinajstić information content (AvgIpc) is 2.95. The first-order valence-corrected chi connectivity index (χ1v) is 11.6. The number of benzene rings is 2. The van der Waals surface area contributed by atoms with Gasteiger partial charge in [0, 0.05) is 24.2 Å². The van der Waals surface area contributed by atoms with Crippen molar-refractivity contribution in [2.45, 2.75) is 19.8 Å². The van der Waals surface area contributed by atoms with Crippen molar-refractivity contribution >= 4 is 33.0 Å². The van der Waals surface area contributed by atoms with Crippen LogP contribution in [0.4, 0.5) is 11.4 Å². The molecule has 0 aromatic heterocycles. The lowest BCUT2D eigenvalue weighted by Crippen LogP contribution is -2.25. The van der Waals surface area contributed by atoms with E-state index in [4.69, 9.17) is 4.74 Å². The van der Waals surface area contributed by atoms with Gasteiger partial charge in [0.2, 0.25) is 11.8 Å². The zero-order valence-corrected chi connectivity index (χ0v) is 17.9. The molecule has 1 saturated heterocycles. The van der Waals surface area contributed by atoms with E-state index in [1.807, 2.05) is 25.1 Å². The van der Waals surface area contributed by atoms with Crippen LogP contribution in [0.5, 0.6) is 5.75 Å². The minimum Gasteiger partial charge on any atom is -0.497 e. The second kappa shape index (κ2) is 9.30. The van der Waals surface area contributed by atoms with Crippen LogP contribution in [0.2, 0.25) is 0 Å². The first-order chi connectivity index (χ1) is 14.2. The summed E-state index contributed by atoms with van der Waals surface area (Å²) in [6.45, 7) is 1.93. The van der Waals surface area contributed by atoms with Crippen molar-refractivity contribution in [3.8, 4) is 5.75 Å². The van der Waals surface area contributed by atoms with Crippen LogP contribution >= 0.6 is 0 Å². The van der Waals surface area contributed by atoms with Gasteiger partial charge in [0.25, 0.3) is 0 Å². The van der Waals surface area contributed by atoms with Crippen LogP contribution < -0.4 is 15.4 Å². The monoisotopic (exact) mass is 430 g/mol. The van der Waals surface area contributed by atoms with E-state index < -0.39 is 15.8 Å². The summed E-state index contributed by atoms with van der Waals surface area (Å²) in [5.41, 5.74) is 2.30. The third-order valence-electron chi connectivity index (χ3n) is 5.17. The summed E-state index contributed by atoms with van der Waals surface area (Å²) in [7, 11) is -1.71. The molecular weight excluding hydrogens is 404 g/mol. The molecule has 1 heterocycles.